The SMILES string of the molecule is Cc1ccc(C(c2ccccc2OCc2ccccc2)N2CCCCC2C(=O)O)s1. The van der Waals surface area contributed by atoms with Crippen LogP contribution in [-0.4, -0.2) is 28.6 Å². The molecule has 30 heavy (non-hydrogen) atoms. The van der Waals surface area contributed by atoms with Crippen molar-refractivity contribution in [2.24, 2.45) is 0 Å². The van der Waals surface area contributed by atoms with E-state index in [9.17, 15) is 9.90 Å². The summed E-state index contributed by atoms with van der Waals surface area (Å²) in [5, 5.41) is 9.91. The predicted molar refractivity (Wildman–Crippen MR) is 120 cm³/mol. The number of piperidine rings is 1. The minimum absolute atomic E-state index is 0.128. The molecule has 1 aromatic heterocycles. The fourth-order valence-electron chi connectivity index (χ4n) is 4.20. The summed E-state index contributed by atoms with van der Waals surface area (Å²) in [5.74, 6) is 0.0720. The smallest absolute Gasteiger partial charge is 0.320 e. The van der Waals surface area contributed by atoms with Gasteiger partial charge in [-0.1, -0.05) is 55.0 Å². The molecule has 4 nitrogen and oxygen atoms in total. The van der Waals surface area contributed by atoms with Crippen LogP contribution in [0, 0.1) is 6.92 Å². The molecule has 3 aromatic rings. The van der Waals surface area contributed by atoms with Crippen LogP contribution in [-0.2, 0) is 11.4 Å². The monoisotopic (exact) mass is 421 g/mol. The minimum atomic E-state index is -0.740. The van der Waals surface area contributed by atoms with Crippen LogP contribution in [0.2, 0.25) is 0 Å². The molecule has 1 fully saturated rings. The Kier molecular flexibility index (Phi) is 6.50. The number of hydrogen-bond acceptors (Lipinski definition) is 4. The Bertz CT molecular complexity index is 985. The van der Waals surface area contributed by atoms with Gasteiger partial charge in [0.2, 0.25) is 0 Å². The van der Waals surface area contributed by atoms with Gasteiger partial charge in [-0.3, -0.25) is 9.69 Å². The van der Waals surface area contributed by atoms with Crippen molar-refractivity contribution in [1.82, 2.24) is 4.90 Å². The van der Waals surface area contributed by atoms with Crippen LogP contribution in [0.15, 0.2) is 66.7 Å². The first kappa shape index (κ1) is 20.6. The zero-order valence-corrected chi connectivity index (χ0v) is 18.0. The zero-order chi connectivity index (χ0) is 20.9. The summed E-state index contributed by atoms with van der Waals surface area (Å²) < 4.78 is 6.25. The van der Waals surface area contributed by atoms with E-state index in [-0.39, 0.29) is 6.04 Å². The number of carboxylic acid groups (broad SMARTS) is 1. The number of rotatable bonds is 7. The first-order valence-corrected chi connectivity index (χ1v) is 11.3. The Labute approximate surface area is 181 Å². The minimum Gasteiger partial charge on any atom is -0.489 e. The highest BCUT2D eigenvalue weighted by molar-refractivity contribution is 7.12. The molecular formula is C25H27NO3S. The lowest BCUT2D eigenvalue weighted by molar-refractivity contribution is -0.145. The van der Waals surface area contributed by atoms with E-state index >= 15 is 0 Å². The standard InChI is InChI=1S/C25H27NO3S/c1-18-14-15-23(30-18)24(26-16-8-7-12-21(26)25(27)28)20-11-5-6-13-22(20)29-17-19-9-3-2-4-10-19/h2-6,9-11,13-15,21,24H,7-8,12,16-17H2,1H3,(H,27,28). The molecular weight excluding hydrogens is 394 g/mol. The van der Waals surface area contributed by atoms with Crippen LogP contribution in [0.1, 0.15) is 46.2 Å². The van der Waals surface area contributed by atoms with Crippen molar-refractivity contribution in [3.8, 4) is 5.75 Å². The van der Waals surface area contributed by atoms with Gasteiger partial charge in [-0.2, -0.15) is 0 Å². The molecule has 156 valence electrons. The van der Waals surface area contributed by atoms with Crippen molar-refractivity contribution in [3.05, 3.63) is 87.6 Å². The number of hydrogen-bond donors (Lipinski definition) is 1. The molecule has 0 saturated carbocycles. The maximum atomic E-state index is 12.1. The second-order valence-corrected chi connectivity index (χ2v) is 9.07. The third kappa shape index (κ3) is 4.58. The molecule has 0 aliphatic carbocycles. The lowest BCUT2D eigenvalue weighted by Gasteiger charge is -2.39. The number of aryl methyl sites for hydroxylation is 1. The molecule has 2 aromatic carbocycles. The molecule has 0 amide bonds. The van der Waals surface area contributed by atoms with Crippen molar-refractivity contribution in [3.63, 3.8) is 0 Å². The quantitative estimate of drug-likeness (QED) is 0.534. The molecule has 1 aliphatic heterocycles. The van der Waals surface area contributed by atoms with Gasteiger partial charge in [-0.15, -0.1) is 11.3 Å². The number of nitrogens with zero attached hydrogens (tertiary/aromatic N) is 1. The number of ether oxygens (including phenoxy) is 1. The van der Waals surface area contributed by atoms with Crippen molar-refractivity contribution >= 4 is 17.3 Å². The van der Waals surface area contributed by atoms with Crippen LogP contribution in [0.25, 0.3) is 0 Å². The third-order valence-corrected chi connectivity index (χ3v) is 6.70. The van der Waals surface area contributed by atoms with Gasteiger partial charge in [0.05, 0.1) is 6.04 Å². The molecule has 4 rings (SSSR count). The summed E-state index contributed by atoms with van der Waals surface area (Å²) >= 11 is 1.73. The molecule has 0 bridgehead atoms. The fourth-order valence-corrected chi connectivity index (χ4v) is 5.21. The Morgan fingerprint density at radius 2 is 1.87 bits per heavy atom. The van der Waals surface area contributed by atoms with Crippen LogP contribution >= 0.6 is 11.3 Å². The average molecular weight is 422 g/mol. The van der Waals surface area contributed by atoms with E-state index in [1.165, 1.54) is 4.88 Å². The number of carboxylic acids is 1. The van der Waals surface area contributed by atoms with E-state index in [1.807, 2.05) is 48.5 Å². The van der Waals surface area contributed by atoms with Crippen molar-refractivity contribution in [2.75, 3.05) is 6.54 Å². The van der Waals surface area contributed by atoms with Crippen LogP contribution < -0.4 is 4.74 Å². The summed E-state index contributed by atoms with van der Waals surface area (Å²) in [5.41, 5.74) is 2.14. The zero-order valence-electron chi connectivity index (χ0n) is 17.2. The predicted octanol–water partition coefficient (Wildman–Crippen LogP) is 5.66. The van der Waals surface area contributed by atoms with Crippen LogP contribution in [0.5, 0.6) is 5.75 Å². The average Bonchev–Trinajstić information content (AvgIpc) is 3.20. The summed E-state index contributed by atoms with van der Waals surface area (Å²) in [7, 11) is 0. The van der Waals surface area contributed by atoms with Crippen molar-refractivity contribution in [1.29, 1.82) is 0 Å². The number of thiophene rings is 1. The third-order valence-electron chi connectivity index (χ3n) is 5.64. The van der Waals surface area contributed by atoms with Gasteiger partial charge in [0.15, 0.2) is 0 Å². The Hall–Kier alpha value is -2.63. The van der Waals surface area contributed by atoms with E-state index in [0.29, 0.717) is 13.0 Å². The molecule has 1 saturated heterocycles. The number of carbonyl (C=O) groups is 1. The highest BCUT2D eigenvalue weighted by Crippen LogP contribution is 2.41. The van der Waals surface area contributed by atoms with Gasteiger partial charge in [-0.25, -0.2) is 0 Å². The van der Waals surface area contributed by atoms with Gasteiger partial charge in [0, 0.05) is 15.3 Å². The molecule has 0 radical (unpaired) electrons. The first-order valence-electron chi connectivity index (χ1n) is 10.4. The number of benzene rings is 2. The largest absolute Gasteiger partial charge is 0.489 e. The molecule has 0 spiro atoms. The second-order valence-electron chi connectivity index (χ2n) is 7.75. The van der Waals surface area contributed by atoms with Gasteiger partial charge in [0.25, 0.3) is 0 Å². The van der Waals surface area contributed by atoms with E-state index in [4.69, 9.17) is 4.74 Å². The van der Waals surface area contributed by atoms with Gasteiger partial charge >= 0.3 is 5.97 Å². The molecule has 2 heterocycles. The van der Waals surface area contributed by atoms with E-state index in [1.54, 1.807) is 11.3 Å². The second kappa shape index (κ2) is 9.45. The highest BCUT2D eigenvalue weighted by Gasteiger charge is 2.36. The van der Waals surface area contributed by atoms with E-state index < -0.39 is 12.0 Å². The van der Waals surface area contributed by atoms with Gasteiger partial charge in [-0.05, 0) is 50.1 Å². The fraction of sp³-hybridized carbons (Fsp3) is 0.320. The van der Waals surface area contributed by atoms with Crippen LogP contribution in [0.4, 0.5) is 0 Å². The maximum absolute atomic E-state index is 12.1. The van der Waals surface area contributed by atoms with E-state index in [2.05, 4.69) is 30.0 Å². The number of likely N-dealkylation sites (tertiary alicyclic amines) is 1. The summed E-state index contributed by atoms with van der Waals surface area (Å²) in [6, 6.07) is 21.8. The molecule has 5 heteroatoms. The Morgan fingerprint density at radius 3 is 2.60 bits per heavy atom. The molecule has 2 unspecified atom stereocenters. The summed E-state index contributed by atoms with van der Waals surface area (Å²) in [6.07, 6.45) is 2.65. The Morgan fingerprint density at radius 1 is 1.10 bits per heavy atom. The first-order chi connectivity index (χ1) is 14.6. The normalized spacial score (nSPS) is 18.1. The van der Waals surface area contributed by atoms with Gasteiger partial charge < -0.3 is 9.84 Å². The summed E-state index contributed by atoms with van der Waals surface area (Å²) in [4.78, 5) is 16.6. The Balaban J connectivity index is 1.71. The summed E-state index contributed by atoms with van der Waals surface area (Å²) in [6.45, 7) is 3.34. The topological polar surface area (TPSA) is 49.8 Å². The number of aliphatic carboxylic acids is 1. The molecule has 1 N–H and O–H groups in total. The lowest BCUT2D eigenvalue weighted by Crippen LogP contribution is -2.46. The highest BCUT2D eigenvalue weighted by atomic mass is 32.1. The molecule has 2 atom stereocenters. The number of para-hydroxylation sites is 1. The van der Waals surface area contributed by atoms with Crippen molar-refractivity contribution in [2.45, 2.75) is 44.9 Å². The molecule has 1 aliphatic rings. The maximum Gasteiger partial charge on any atom is 0.320 e. The van der Waals surface area contributed by atoms with Crippen LogP contribution in [0.3, 0.4) is 0 Å². The van der Waals surface area contributed by atoms with E-state index in [0.717, 1.165) is 41.1 Å². The lowest BCUT2D eigenvalue weighted by atomic mass is 9.94. The van der Waals surface area contributed by atoms with Crippen molar-refractivity contribution < 1.29 is 14.6 Å². The van der Waals surface area contributed by atoms with Gasteiger partial charge in [0.1, 0.15) is 18.4 Å².